The topological polar surface area (TPSA) is 30.9 Å². The number of hydrogen-bond acceptors (Lipinski definition) is 4. The van der Waals surface area contributed by atoms with Crippen LogP contribution >= 0.6 is 0 Å². The summed E-state index contributed by atoms with van der Waals surface area (Å²) >= 11 is 0. The second-order valence-corrected chi connectivity index (χ2v) is 5.13. The van der Waals surface area contributed by atoms with Crippen LogP contribution in [0, 0.1) is 5.41 Å². The van der Waals surface area contributed by atoms with E-state index < -0.39 is 0 Å². The molecule has 0 aromatic carbocycles. The van der Waals surface area contributed by atoms with Crippen molar-refractivity contribution in [2.75, 3.05) is 46.1 Å². The zero-order valence-corrected chi connectivity index (χ0v) is 11.1. The second kappa shape index (κ2) is 6.14. The van der Waals surface area contributed by atoms with Gasteiger partial charge in [0.05, 0.1) is 6.61 Å². The summed E-state index contributed by atoms with van der Waals surface area (Å²) in [5, 5.41) is 0. The highest BCUT2D eigenvalue weighted by molar-refractivity contribution is 4.92. The zero-order valence-electron chi connectivity index (χ0n) is 11.1. The Bertz CT molecular complexity index is 223. The molecular formula is C13H25NO3. The zero-order chi connectivity index (χ0) is 12.1. The molecule has 1 unspecified atom stereocenters. The van der Waals surface area contributed by atoms with Crippen LogP contribution in [-0.2, 0) is 14.2 Å². The van der Waals surface area contributed by atoms with Crippen LogP contribution in [0.15, 0.2) is 0 Å². The molecule has 17 heavy (non-hydrogen) atoms. The molecule has 0 aliphatic carbocycles. The molecule has 1 spiro atoms. The molecule has 4 nitrogen and oxygen atoms in total. The minimum Gasteiger partial charge on any atom is -0.381 e. The normalized spacial score (nSPS) is 29.8. The maximum atomic E-state index is 5.60. The average Bonchev–Trinajstić information content (AvgIpc) is 2.91. The van der Waals surface area contributed by atoms with Gasteiger partial charge in [-0.1, -0.05) is 0 Å². The molecule has 2 heterocycles. The quantitative estimate of drug-likeness (QED) is 0.662. The van der Waals surface area contributed by atoms with Crippen molar-refractivity contribution in [3.63, 3.8) is 0 Å². The summed E-state index contributed by atoms with van der Waals surface area (Å²) in [5.74, 6) is 0. The smallest absolute Gasteiger partial charge is 0.170 e. The Labute approximate surface area is 104 Å². The standard InChI is InChI=1S/C13H25NO3/c1-3-16-12(17-4-2)9-14-7-5-13(10-14)6-8-15-11-13/h12H,3-11H2,1-2H3. The van der Waals surface area contributed by atoms with Gasteiger partial charge in [0.25, 0.3) is 0 Å². The molecule has 0 aromatic rings. The molecule has 2 saturated heterocycles. The number of rotatable bonds is 6. The van der Waals surface area contributed by atoms with Gasteiger partial charge in [-0.25, -0.2) is 0 Å². The lowest BCUT2D eigenvalue weighted by Gasteiger charge is -2.25. The molecule has 0 radical (unpaired) electrons. The summed E-state index contributed by atoms with van der Waals surface area (Å²) in [7, 11) is 0. The minimum absolute atomic E-state index is 0.0672. The molecule has 0 N–H and O–H groups in total. The van der Waals surface area contributed by atoms with Crippen molar-refractivity contribution in [2.45, 2.75) is 33.0 Å². The van der Waals surface area contributed by atoms with Crippen molar-refractivity contribution in [1.82, 2.24) is 4.90 Å². The molecule has 2 rings (SSSR count). The van der Waals surface area contributed by atoms with Gasteiger partial charge in [0.2, 0.25) is 0 Å². The van der Waals surface area contributed by atoms with Crippen LogP contribution in [0.1, 0.15) is 26.7 Å². The van der Waals surface area contributed by atoms with E-state index in [4.69, 9.17) is 14.2 Å². The molecule has 2 fully saturated rings. The molecular weight excluding hydrogens is 218 g/mol. The Morgan fingerprint density at radius 2 is 2.00 bits per heavy atom. The van der Waals surface area contributed by atoms with E-state index >= 15 is 0 Å². The Morgan fingerprint density at radius 1 is 1.24 bits per heavy atom. The first-order valence-corrected chi connectivity index (χ1v) is 6.81. The third kappa shape index (κ3) is 3.41. The van der Waals surface area contributed by atoms with Gasteiger partial charge >= 0.3 is 0 Å². The van der Waals surface area contributed by atoms with Crippen LogP contribution in [0.2, 0.25) is 0 Å². The first kappa shape index (κ1) is 13.3. The molecule has 0 bridgehead atoms. The molecule has 4 heteroatoms. The summed E-state index contributed by atoms with van der Waals surface area (Å²) in [6, 6.07) is 0. The van der Waals surface area contributed by atoms with Crippen LogP contribution in [0.4, 0.5) is 0 Å². The largest absolute Gasteiger partial charge is 0.381 e. The predicted octanol–water partition coefficient (Wildman–Crippen LogP) is 1.50. The number of ether oxygens (including phenoxy) is 3. The Hall–Kier alpha value is -0.160. The van der Waals surface area contributed by atoms with E-state index in [1.165, 1.54) is 12.8 Å². The van der Waals surface area contributed by atoms with Crippen molar-refractivity contribution >= 4 is 0 Å². The molecule has 0 saturated carbocycles. The summed E-state index contributed by atoms with van der Waals surface area (Å²) in [4.78, 5) is 2.46. The van der Waals surface area contributed by atoms with Gasteiger partial charge in [-0.15, -0.1) is 0 Å². The van der Waals surface area contributed by atoms with E-state index in [-0.39, 0.29) is 6.29 Å². The van der Waals surface area contributed by atoms with Crippen LogP contribution in [0.25, 0.3) is 0 Å². The fraction of sp³-hybridized carbons (Fsp3) is 1.00. The van der Waals surface area contributed by atoms with Crippen LogP contribution < -0.4 is 0 Å². The van der Waals surface area contributed by atoms with Gasteiger partial charge in [-0.05, 0) is 33.2 Å². The van der Waals surface area contributed by atoms with Crippen molar-refractivity contribution < 1.29 is 14.2 Å². The lowest BCUT2D eigenvalue weighted by Crippen LogP contribution is -2.36. The first-order chi connectivity index (χ1) is 8.28. The number of likely N-dealkylation sites (tertiary alicyclic amines) is 1. The molecule has 0 amide bonds. The fourth-order valence-corrected chi connectivity index (χ4v) is 2.89. The lowest BCUT2D eigenvalue weighted by molar-refractivity contribution is -0.146. The van der Waals surface area contributed by atoms with E-state index in [2.05, 4.69) is 4.90 Å². The van der Waals surface area contributed by atoms with Gasteiger partial charge in [0.1, 0.15) is 0 Å². The molecule has 1 atom stereocenters. The molecule has 2 aliphatic rings. The van der Waals surface area contributed by atoms with E-state index in [0.29, 0.717) is 18.6 Å². The Kier molecular flexibility index (Phi) is 4.79. The van der Waals surface area contributed by atoms with Gasteiger partial charge in [0, 0.05) is 38.3 Å². The van der Waals surface area contributed by atoms with Crippen molar-refractivity contribution in [3.05, 3.63) is 0 Å². The average molecular weight is 243 g/mol. The Balaban J connectivity index is 1.79. The summed E-state index contributed by atoms with van der Waals surface area (Å²) in [6.45, 7) is 10.5. The van der Waals surface area contributed by atoms with Gasteiger partial charge in [-0.3, -0.25) is 4.90 Å². The summed E-state index contributed by atoms with van der Waals surface area (Å²) < 4.78 is 16.7. The van der Waals surface area contributed by atoms with Gasteiger partial charge in [0.15, 0.2) is 6.29 Å². The third-order valence-corrected chi connectivity index (χ3v) is 3.81. The first-order valence-electron chi connectivity index (χ1n) is 6.81. The number of nitrogens with zero attached hydrogens (tertiary/aromatic N) is 1. The van der Waals surface area contributed by atoms with E-state index in [1.807, 2.05) is 13.8 Å². The highest BCUT2D eigenvalue weighted by Gasteiger charge is 2.41. The highest BCUT2D eigenvalue weighted by Crippen LogP contribution is 2.38. The van der Waals surface area contributed by atoms with Gasteiger partial charge < -0.3 is 14.2 Å². The predicted molar refractivity (Wildman–Crippen MR) is 66.0 cm³/mol. The summed E-state index contributed by atoms with van der Waals surface area (Å²) in [6.07, 6.45) is 2.41. The van der Waals surface area contributed by atoms with Crippen LogP contribution in [0.3, 0.4) is 0 Å². The molecule has 0 aromatic heterocycles. The van der Waals surface area contributed by atoms with Crippen molar-refractivity contribution in [3.8, 4) is 0 Å². The van der Waals surface area contributed by atoms with E-state index in [9.17, 15) is 0 Å². The van der Waals surface area contributed by atoms with Crippen LogP contribution in [0.5, 0.6) is 0 Å². The minimum atomic E-state index is -0.0672. The monoisotopic (exact) mass is 243 g/mol. The van der Waals surface area contributed by atoms with Crippen molar-refractivity contribution in [1.29, 1.82) is 0 Å². The van der Waals surface area contributed by atoms with E-state index in [0.717, 1.165) is 32.8 Å². The number of hydrogen-bond donors (Lipinski definition) is 0. The second-order valence-electron chi connectivity index (χ2n) is 5.13. The van der Waals surface area contributed by atoms with E-state index in [1.54, 1.807) is 0 Å². The van der Waals surface area contributed by atoms with Crippen LogP contribution in [-0.4, -0.2) is 57.3 Å². The lowest BCUT2D eigenvalue weighted by atomic mass is 9.87. The summed E-state index contributed by atoms with van der Waals surface area (Å²) in [5.41, 5.74) is 0.434. The van der Waals surface area contributed by atoms with Gasteiger partial charge in [-0.2, -0.15) is 0 Å². The SMILES string of the molecule is CCOC(CN1CCC2(CCOC2)C1)OCC. The maximum Gasteiger partial charge on any atom is 0.170 e. The highest BCUT2D eigenvalue weighted by atomic mass is 16.7. The molecule has 100 valence electrons. The Morgan fingerprint density at radius 3 is 2.59 bits per heavy atom. The maximum absolute atomic E-state index is 5.60. The molecule has 2 aliphatic heterocycles. The van der Waals surface area contributed by atoms with Crippen molar-refractivity contribution in [2.24, 2.45) is 5.41 Å². The third-order valence-electron chi connectivity index (χ3n) is 3.81. The fourth-order valence-electron chi connectivity index (χ4n) is 2.89.